The molecule has 0 aromatic carbocycles. The average Bonchev–Trinajstić information content (AvgIpc) is 1.38. The molecule has 0 bridgehead atoms. The van der Waals surface area contributed by atoms with Gasteiger partial charge < -0.3 is 4.74 Å². The van der Waals surface area contributed by atoms with Crippen LogP contribution < -0.4 is 0 Å². The van der Waals surface area contributed by atoms with Crippen molar-refractivity contribution >= 4 is 20.7 Å². The second kappa shape index (κ2) is 2.20. The van der Waals surface area contributed by atoms with Gasteiger partial charge in [-0.05, 0) is 0 Å². The Morgan fingerprint density at radius 2 is 2.20 bits per heavy atom. The summed E-state index contributed by atoms with van der Waals surface area (Å²) in [6.45, 7) is 0. The van der Waals surface area contributed by atoms with Crippen molar-refractivity contribution in [2.75, 3.05) is 7.11 Å². The molecule has 0 radical (unpaired) electrons. The highest BCUT2D eigenvalue weighted by atomic mass is 79.9. The van der Waals surface area contributed by atoms with E-state index in [4.69, 9.17) is 5.41 Å². The molecular formula is C2H4BrNO. The van der Waals surface area contributed by atoms with E-state index in [0.29, 0.717) is 0 Å². The van der Waals surface area contributed by atoms with Crippen LogP contribution in [0.1, 0.15) is 0 Å². The van der Waals surface area contributed by atoms with Gasteiger partial charge in [-0.25, -0.2) is 0 Å². The Bertz CT molecular complexity index is 44.9. The molecular weight excluding hydrogens is 134 g/mol. The molecule has 1 N–H and O–H groups in total. The Kier molecular flexibility index (Phi) is 2.18. The van der Waals surface area contributed by atoms with Crippen LogP contribution in [0.4, 0.5) is 0 Å². The Balaban J connectivity index is 2.85. The predicted molar refractivity (Wildman–Crippen MR) is 23.7 cm³/mol. The van der Waals surface area contributed by atoms with E-state index in [1.54, 1.807) is 0 Å². The molecule has 0 atom stereocenters. The lowest BCUT2D eigenvalue weighted by atomic mass is 11.4. The van der Waals surface area contributed by atoms with Crippen molar-refractivity contribution in [2.45, 2.75) is 0 Å². The molecule has 0 saturated carbocycles. The lowest BCUT2D eigenvalue weighted by molar-refractivity contribution is 0.414. The van der Waals surface area contributed by atoms with Crippen LogP contribution in [0.3, 0.4) is 0 Å². The summed E-state index contributed by atoms with van der Waals surface area (Å²) < 4.78 is 4.25. The number of ether oxygens (including phenoxy) is 1. The Morgan fingerprint density at radius 1 is 2.00 bits per heavy atom. The molecule has 0 aliphatic rings. The first-order valence-corrected chi connectivity index (χ1v) is 1.84. The molecule has 0 heterocycles. The summed E-state index contributed by atoms with van der Waals surface area (Å²) in [6, 6.07) is 0. The Hall–Kier alpha value is -0.0500. The van der Waals surface area contributed by atoms with Gasteiger partial charge in [-0.3, -0.25) is 5.41 Å². The molecule has 0 amide bonds. The lowest BCUT2D eigenvalue weighted by Gasteiger charge is -1.82. The van der Waals surface area contributed by atoms with Gasteiger partial charge >= 0.3 is 0 Å². The third kappa shape index (κ3) is 3.95. The van der Waals surface area contributed by atoms with Crippen LogP contribution in [0.15, 0.2) is 0 Å². The van der Waals surface area contributed by atoms with Crippen LogP contribution in [-0.2, 0) is 4.74 Å². The zero-order valence-corrected chi connectivity index (χ0v) is 4.37. The summed E-state index contributed by atoms with van der Waals surface area (Å²) in [5, 5.41) is 6.44. The normalized spacial score (nSPS) is 6.80. The Morgan fingerprint density at radius 3 is 2.20 bits per heavy atom. The summed E-state index contributed by atoms with van der Waals surface area (Å²) in [6.07, 6.45) is 0. The third-order valence-electron chi connectivity index (χ3n) is 0.179. The monoisotopic (exact) mass is 137 g/mol. The molecule has 0 rings (SSSR count). The zero-order chi connectivity index (χ0) is 4.28. The summed E-state index contributed by atoms with van der Waals surface area (Å²) in [7, 11) is 1.43. The Labute approximate surface area is 38.8 Å². The largest absolute Gasteiger partial charge is 0.476 e. The molecule has 0 saturated heterocycles. The average molecular weight is 138 g/mol. The molecule has 0 unspecified atom stereocenters. The van der Waals surface area contributed by atoms with Crippen molar-refractivity contribution in [3.05, 3.63) is 0 Å². The minimum atomic E-state index is 0.0671. The van der Waals surface area contributed by atoms with Crippen molar-refractivity contribution in [2.24, 2.45) is 0 Å². The number of nitrogens with one attached hydrogen (secondary N) is 1. The second-order valence-corrected chi connectivity index (χ2v) is 1.20. The van der Waals surface area contributed by atoms with Crippen LogP contribution in [0.25, 0.3) is 0 Å². The molecule has 0 aliphatic heterocycles. The first-order valence-electron chi connectivity index (χ1n) is 1.05. The molecule has 0 aliphatic carbocycles. The topological polar surface area (TPSA) is 33.1 Å². The number of rotatable bonds is 0. The van der Waals surface area contributed by atoms with Gasteiger partial charge in [0.05, 0.1) is 7.11 Å². The van der Waals surface area contributed by atoms with Crippen molar-refractivity contribution in [3.63, 3.8) is 0 Å². The highest BCUT2D eigenvalue weighted by Gasteiger charge is 1.72. The molecule has 0 aromatic rings. The summed E-state index contributed by atoms with van der Waals surface area (Å²) in [5.74, 6) is 0. The maximum Gasteiger partial charge on any atom is 0.251 e. The number of hydrogen-bond acceptors (Lipinski definition) is 2. The number of methoxy groups -OCH3 is 1. The van der Waals surface area contributed by atoms with E-state index < -0.39 is 0 Å². The van der Waals surface area contributed by atoms with Crippen molar-refractivity contribution < 1.29 is 4.74 Å². The quantitative estimate of drug-likeness (QED) is 0.392. The molecule has 0 fully saturated rings. The van der Waals surface area contributed by atoms with Crippen molar-refractivity contribution in [1.82, 2.24) is 0 Å². The van der Waals surface area contributed by atoms with Gasteiger partial charge in [0.15, 0.2) is 0 Å². The SMILES string of the molecule is COC(=N)Br. The zero-order valence-electron chi connectivity index (χ0n) is 2.79. The van der Waals surface area contributed by atoms with Crippen LogP contribution in [-0.4, -0.2) is 11.9 Å². The van der Waals surface area contributed by atoms with Gasteiger partial charge in [-0.15, -0.1) is 0 Å². The van der Waals surface area contributed by atoms with Crippen molar-refractivity contribution in [3.8, 4) is 0 Å². The summed E-state index contributed by atoms with van der Waals surface area (Å²) >= 11 is 2.73. The van der Waals surface area contributed by atoms with E-state index >= 15 is 0 Å². The van der Waals surface area contributed by atoms with E-state index in [2.05, 4.69) is 20.7 Å². The predicted octanol–water partition coefficient (Wildman–Crippen LogP) is 0.962. The maximum atomic E-state index is 6.44. The van der Waals surface area contributed by atoms with Crippen LogP contribution in [0.5, 0.6) is 0 Å². The molecule has 2 nitrogen and oxygen atoms in total. The number of hydrogen-bond donors (Lipinski definition) is 1. The lowest BCUT2D eigenvalue weighted by Crippen LogP contribution is -1.81. The smallest absolute Gasteiger partial charge is 0.251 e. The fourth-order valence-corrected chi connectivity index (χ4v) is 0. The van der Waals surface area contributed by atoms with Crippen LogP contribution in [0, 0.1) is 5.41 Å². The molecule has 0 spiro atoms. The molecule has 5 heavy (non-hydrogen) atoms. The van der Waals surface area contributed by atoms with Gasteiger partial charge in [-0.2, -0.15) is 0 Å². The second-order valence-electron chi connectivity index (χ2n) is 0.478. The number of halogens is 1. The van der Waals surface area contributed by atoms with Crippen molar-refractivity contribution in [1.29, 1.82) is 5.41 Å². The molecule has 0 aromatic heterocycles. The van der Waals surface area contributed by atoms with E-state index in [9.17, 15) is 0 Å². The van der Waals surface area contributed by atoms with Crippen LogP contribution in [0.2, 0.25) is 0 Å². The summed E-state index contributed by atoms with van der Waals surface area (Å²) in [4.78, 5) is 0.0671. The van der Waals surface area contributed by atoms with E-state index in [1.807, 2.05) is 0 Å². The molecule has 30 valence electrons. The third-order valence-corrected chi connectivity index (χ3v) is 0.503. The highest BCUT2D eigenvalue weighted by molar-refractivity contribution is 9.18. The van der Waals surface area contributed by atoms with Gasteiger partial charge in [0.2, 0.25) is 0 Å². The fraction of sp³-hybridized carbons (Fsp3) is 0.500. The van der Waals surface area contributed by atoms with Gasteiger partial charge in [-0.1, -0.05) is 0 Å². The standard InChI is InChI=1S/C2H4BrNO/c1-5-2(3)4/h4H,1H3. The first-order chi connectivity index (χ1) is 2.27. The van der Waals surface area contributed by atoms with E-state index in [1.165, 1.54) is 7.11 Å². The van der Waals surface area contributed by atoms with Gasteiger partial charge in [0.25, 0.3) is 4.81 Å². The minimum Gasteiger partial charge on any atom is -0.476 e. The van der Waals surface area contributed by atoms with E-state index in [0.717, 1.165) is 0 Å². The van der Waals surface area contributed by atoms with Gasteiger partial charge in [0, 0.05) is 15.9 Å². The maximum absolute atomic E-state index is 6.44. The summed E-state index contributed by atoms with van der Waals surface area (Å²) in [5.41, 5.74) is 0. The molecule has 3 heteroatoms. The highest BCUT2D eigenvalue weighted by Crippen LogP contribution is 1.80. The minimum absolute atomic E-state index is 0.0671. The first kappa shape index (κ1) is 4.95. The van der Waals surface area contributed by atoms with Crippen LogP contribution >= 0.6 is 15.9 Å². The fourth-order valence-electron chi connectivity index (χ4n) is 0. The van der Waals surface area contributed by atoms with Gasteiger partial charge in [0.1, 0.15) is 0 Å². The van der Waals surface area contributed by atoms with E-state index in [-0.39, 0.29) is 4.81 Å².